The first kappa shape index (κ1) is 28.6. The Kier molecular flexibility index (Phi) is 8.27. The first-order chi connectivity index (χ1) is 19.7. The maximum absolute atomic E-state index is 13.4. The van der Waals surface area contributed by atoms with Crippen molar-refractivity contribution in [3.8, 4) is 0 Å². The summed E-state index contributed by atoms with van der Waals surface area (Å²) >= 11 is 3.93. The number of anilines is 1. The number of hydrogen-bond donors (Lipinski definition) is 2. The van der Waals surface area contributed by atoms with Gasteiger partial charge in [-0.3, -0.25) is 14.5 Å². The lowest BCUT2D eigenvalue weighted by Gasteiger charge is -2.49. The molecule has 0 radical (unpaired) electrons. The first-order valence-corrected chi connectivity index (χ1v) is 14.9. The summed E-state index contributed by atoms with van der Waals surface area (Å²) in [7, 11) is 1.28. The lowest BCUT2D eigenvalue weighted by atomic mass is 10.0. The molecule has 0 aliphatic carbocycles. The number of nitrogens with one attached hydrogen (secondary N) is 1. The van der Waals surface area contributed by atoms with Gasteiger partial charge in [0.05, 0.1) is 11.2 Å². The molecule has 41 heavy (non-hydrogen) atoms. The third-order valence-corrected chi connectivity index (χ3v) is 9.16. The monoisotopic (exact) mass is 620 g/mol. The van der Waals surface area contributed by atoms with E-state index in [9.17, 15) is 19.2 Å². The maximum Gasteiger partial charge on any atom is 0.509 e. The quantitative estimate of drug-likeness (QED) is 0.179. The SMILES string of the molecule is CO/N=C(/C(=O)NC1C(=O)N2C(C(=O)OCC3OC(=O)OC3C)=C(/C=C/c3scnc3C)CSC12)c1csc(N)n1. The van der Waals surface area contributed by atoms with Crippen LogP contribution in [0.3, 0.4) is 0 Å². The van der Waals surface area contributed by atoms with Crippen LogP contribution in [0.15, 0.2) is 33.4 Å². The molecule has 2 aromatic rings. The smallest absolute Gasteiger partial charge is 0.457 e. The Morgan fingerprint density at radius 3 is 2.73 bits per heavy atom. The molecule has 2 aromatic heterocycles. The molecule has 4 unspecified atom stereocenters. The number of aryl methyl sites for hydroxylation is 1. The van der Waals surface area contributed by atoms with Crippen molar-refractivity contribution in [1.82, 2.24) is 20.2 Å². The van der Waals surface area contributed by atoms with E-state index in [1.807, 2.05) is 13.0 Å². The molecular weight excluding hydrogens is 596 g/mol. The highest BCUT2D eigenvalue weighted by atomic mass is 32.2. The molecule has 0 aromatic carbocycles. The Balaban J connectivity index is 1.37. The van der Waals surface area contributed by atoms with E-state index in [1.54, 1.807) is 23.9 Å². The molecule has 2 amide bonds. The molecule has 4 atom stereocenters. The van der Waals surface area contributed by atoms with E-state index in [-0.39, 0.29) is 28.8 Å². The minimum Gasteiger partial charge on any atom is -0.457 e. The van der Waals surface area contributed by atoms with Crippen LogP contribution in [0.1, 0.15) is 23.2 Å². The molecule has 5 rings (SSSR count). The van der Waals surface area contributed by atoms with Crippen molar-refractivity contribution in [2.75, 3.05) is 25.2 Å². The van der Waals surface area contributed by atoms with Crippen LogP contribution >= 0.6 is 34.4 Å². The third kappa shape index (κ3) is 5.77. The normalized spacial score (nSPS) is 24.1. The number of aromatic nitrogens is 2. The second kappa shape index (κ2) is 11.9. The van der Waals surface area contributed by atoms with Crippen molar-refractivity contribution < 1.29 is 38.2 Å². The van der Waals surface area contributed by atoms with Crippen LogP contribution in [-0.4, -0.2) is 87.6 Å². The highest BCUT2D eigenvalue weighted by Gasteiger charge is 2.54. The number of ether oxygens (including phenoxy) is 3. The number of rotatable bonds is 9. The summed E-state index contributed by atoms with van der Waals surface area (Å²) in [5.74, 6) is -1.63. The molecule has 216 valence electrons. The van der Waals surface area contributed by atoms with Crippen LogP contribution in [0.25, 0.3) is 6.08 Å². The lowest BCUT2D eigenvalue weighted by molar-refractivity contribution is -0.153. The Hall–Kier alpha value is -3.96. The Morgan fingerprint density at radius 1 is 1.29 bits per heavy atom. The van der Waals surface area contributed by atoms with Gasteiger partial charge in [-0.05, 0) is 25.5 Å². The number of nitrogens with two attached hydrogens (primary N) is 1. The van der Waals surface area contributed by atoms with Gasteiger partial charge in [-0.25, -0.2) is 19.6 Å². The molecule has 0 saturated carbocycles. The van der Waals surface area contributed by atoms with Gasteiger partial charge in [-0.15, -0.1) is 34.4 Å². The number of nitrogens with zero attached hydrogens (tertiary/aromatic N) is 4. The minimum absolute atomic E-state index is 0.0404. The van der Waals surface area contributed by atoms with Crippen molar-refractivity contribution >= 4 is 75.3 Å². The largest absolute Gasteiger partial charge is 0.509 e. The van der Waals surface area contributed by atoms with Gasteiger partial charge in [0, 0.05) is 16.0 Å². The molecule has 17 heteroatoms. The fourth-order valence-electron chi connectivity index (χ4n) is 4.18. The van der Waals surface area contributed by atoms with Gasteiger partial charge in [0.15, 0.2) is 16.9 Å². The average Bonchev–Trinajstić information content (AvgIpc) is 3.65. The summed E-state index contributed by atoms with van der Waals surface area (Å²) in [6.07, 6.45) is 1.34. The molecule has 5 heterocycles. The number of oxime groups is 1. The Bertz CT molecular complexity index is 1480. The number of nitrogen functional groups attached to an aromatic ring is 1. The van der Waals surface area contributed by atoms with E-state index in [4.69, 9.17) is 24.8 Å². The second-order valence-corrected chi connectivity index (χ2v) is 11.8. The van der Waals surface area contributed by atoms with Crippen molar-refractivity contribution in [1.29, 1.82) is 0 Å². The van der Waals surface area contributed by atoms with Gasteiger partial charge in [-0.1, -0.05) is 11.2 Å². The zero-order chi connectivity index (χ0) is 29.3. The molecule has 2 fully saturated rings. The third-order valence-electron chi connectivity index (χ3n) is 6.29. The number of carbonyl (C=O) groups is 4. The molecule has 14 nitrogen and oxygen atoms in total. The average molecular weight is 621 g/mol. The van der Waals surface area contributed by atoms with Crippen molar-refractivity contribution in [2.45, 2.75) is 37.5 Å². The van der Waals surface area contributed by atoms with Crippen molar-refractivity contribution in [3.05, 3.63) is 44.5 Å². The van der Waals surface area contributed by atoms with Crippen LogP contribution in [-0.2, 0) is 33.4 Å². The van der Waals surface area contributed by atoms with Crippen LogP contribution in [0.5, 0.6) is 0 Å². The Labute approximate surface area is 245 Å². The standard InChI is InChI=1S/C24H24N6O8S3/c1-10-15(41-9-26-10)5-4-12-7-39-21-17(28-19(31)16(29-35-3)13-8-40-23(25)27-13)20(32)30(21)18(12)22(33)36-6-14-11(2)37-24(34)38-14/h4-5,8-9,11,14,17,21H,6-7H2,1-3H3,(H2,25,27)(H,28,31)/b5-4+,29-16+. The fourth-order valence-corrected chi connectivity index (χ4v) is 6.74. The van der Waals surface area contributed by atoms with Crippen molar-refractivity contribution in [3.63, 3.8) is 0 Å². The highest BCUT2D eigenvalue weighted by molar-refractivity contribution is 8.00. The van der Waals surface area contributed by atoms with E-state index in [2.05, 4.69) is 20.4 Å². The molecule has 3 N–H and O–H groups in total. The molecule has 2 saturated heterocycles. The minimum atomic E-state index is -0.952. The number of esters is 1. The number of carbonyl (C=O) groups excluding carboxylic acids is 4. The van der Waals surface area contributed by atoms with Gasteiger partial charge >= 0.3 is 12.1 Å². The van der Waals surface area contributed by atoms with Gasteiger partial charge in [0.25, 0.3) is 11.8 Å². The van der Waals surface area contributed by atoms with E-state index in [0.717, 1.165) is 21.9 Å². The Morgan fingerprint density at radius 2 is 2.10 bits per heavy atom. The predicted molar refractivity (Wildman–Crippen MR) is 150 cm³/mol. The van der Waals surface area contributed by atoms with Gasteiger partial charge in [0.1, 0.15) is 42.6 Å². The topological polar surface area (TPSA) is 185 Å². The van der Waals surface area contributed by atoms with E-state index >= 15 is 0 Å². The van der Waals surface area contributed by atoms with Crippen LogP contribution in [0, 0.1) is 6.92 Å². The van der Waals surface area contributed by atoms with E-state index in [1.165, 1.54) is 35.1 Å². The summed E-state index contributed by atoms with van der Waals surface area (Å²) in [6, 6.07) is -0.952. The summed E-state index contributed by atoms with van der Waals surface area (Å²) < 4.78 is 15.4. The second-order valence-electron chi connectivity index (χ2n) is 8.89. The number of fused-ring (bicyclic) bond motifs is 1. The summed E-state index contributed by atoms with van der Waals surface area (Å²) in [6.45, 7) is 3.23. The number of thioether (sulfide) groups is 1. The number of β-lactam (4-membered cyclic amide) rings is 1. The fraction of sp³-hybridized carbons (Fsp3) is 0.375. The molecular formula is C24H24N6O8S3. The lowest BCUT2D eigenvalue weighted by Crippen LogP contribution is -2.71. The zero-order valence-electron chi connectivity index (χ0n) is 21.9. The van der Waals surface area contributed by atoms with Gasteiger partial charge < -0.3 is 30.1 Å². The number of allylic oxidation sites excluding steroid dienone is 1. The number of hydrogen-bond acceptors (Lipinski definition) is 15. The molecule has 3 aliphatic rings. The summed E-state index contributed by atoms with van der Waals surface area (Å²) in [5.41, 5.74) is 8.87. The summed E-state index contributed by atoms with van der Waals surface area (Å²) in [4.78, 5) is 66.5. The first-order valence-electron chi connectivity index (χ1n) is 12.1. The molecule has 0 spiro atoms. The van der Waals surface area contributed by atoms with Crippen LogP contribution < -0.4 is 11.1 Å². The van der Waals surface area contributed by atoms with Crippen LogP contribution in [0.4, 0.5) is 9.93 Å². The molecule has 0 bridgehead atoms. The van der Waals surface area contributed by atoms with Crippen LogP contribution in [0.2, 0.25) is 0 Å². The zero-order valence-corrected chi connectivity index (χ0v) is 24.3. The van der Waals surface area contributed by atoms with Crippen molar-refractivity contribution in [2.24, 2.45) is 5.16 Å². The van der Waals surface area contributed by atoms with E-state index < -0.39 is 47.6 Å². The van der Waals surface area contributed by atoms with Gasteiger partial charge in [0.2, 0.25) is 0 Å². The van der Waals surface area contributed by atoms with Gasteiger partial charge in [-0.2, -0.15) is 0 Å². The number of thiazole rings is 2. The number of amides is 2. The predicted octanol–water partition coefficient (Wildman–Crippen LogP) is 1.68. The molecule has 3 aliphatic heterocycles. The maximum atomic E-state index is 13.4. The highest BCUT2D eigenvalue weighted by Crippen LogP contribution is 2.41. The van der Waals surface area contributed by atoms with E-state index in [0.29, 0.717) is 11.3 Å². The summed E-state index contributed by atoms with van der Waals surface area (Å²) in [5, 5.41) is 7.61. The number of cyclic esters (lactones) is 2.